The molecule has 7 nitrogen and oxygen atoms in total. The van der Waals surface area contributed by atoms with Crippen LogP contribution in [-0.4, -0.2) is 38.3 Å². The van der Waals surface area contributed by atoms with Crippen LogP contribution in [0, 0.1) is 0 Å². The summed E-state index contributed by atoms with van der Waals surface area (Å²) < 4.78 is 2.09. The molecule has 7 heteroatoms. The Hall–Kier alpha value is -2.18. The summed E-state index contributed by atoms with van der Waals surface area (Å²) in [5.74, 6) is 2.88. The van der Waals surface area contributed by atoms with E-state index < -0.39 is 0 Å². The zero-order valence-corrected chi connectivity index (χ0v) is 11.2. The van der Waals surface area contributed by atoms with Gasteiger partial charge in [0.2, 0.25) is 0 Å². The third-order valence-corrected chi connectivity index (χ3v) is 3.45. The second-order valence-corrected chi connectivity index (χ2v) is 4.49. The van der Waals surface area contributed by atoms with Gasteiger partial charge in [0.05, 0.1) is 6.54 Å². The van der Waals surface area contributed by atoms with Gasteiger partial charge in [-0.1, -0.05) is 6.92 Å². The van der Waals surface area contributed by atoms with Crippen LogP contribution in [0.5, 0.6) is 0 Å². The molecule has 3 rings (SSSR count). The van der Waals surface area contributed by atoms with E-state index in [1.165, 1.54) is 0 Å². The molecule has 0 atom stereocenters. The molecule has 0 bridgehead atoms. The maximum Gasteiger partial charge on any atom is 0.152 e. The summed E-state index contributed by atoms with van der Waals surface area (Å²) in [6.07, 6.45) is 4.29. The molecule has 3 heterocycles. The molecule has 0 fully saturated rings. The van der Waals surface area contributed by atoms with Crippen LogP contribution in [0.25, 0.3) is 0 Å². The fourth-order valence-corrected chi connectivity index (χ4v) is 2.46. The van der Waals surface area contributed by atoms with Crippen molar-refractivity contribution in [2.24, 2.45) is 0 Å². The summed E-state index contributed by atoms with van der Waals surface area (Å²) in [5, 5.41) is 11.2. The molecule has 1 aliphatic rings. The van der Waals surface area contributed by atoms with E-state index in [0.29, 0.717) is 0 Å². The number of nitrogens with zero attached hydrogens (tertiary/aromatic N) is 6. The topological polar surface area (TPSA) is 71.8 Å². The van der Waals surface area contributed by atoms with Gasteiger partial charge in [0.1, 0.15) is 24.3 Å². The van der Waals surface area contributed by atoms with E-state index in [0.717, 1.165) is 49.1 Å². The van der Waals surface area contributed by atoms with Crippen LogP contribution in [-0.2, 0) is 19.5 Å². The normalized spacial score (nSPS) is 14.3. The second-order valence-electron chi connectivity index (χ2n) is 4.49. The summed E-state index contributed by atoms with van der Waals surface area (Å²) in [6.45, 7) is 4.67. The summed E-state index contributed by atoms with van der Waals surface area (Å²) in [6, 6.07) is 0. The first-order valence-corrected chi connectivity index (χ1v) is 6.46. The van der Waals surface area contributed by atoms with Crippen LogP contribution in [0.3, 0.4) is 0 Å². The minimum absolute atomic E-state index is 0.743. The highest BCUT2D eigenvalue weighted by atomic mass is 15.3. The third kappa shape index (κ3) is 2.00. The average molecular weight is 259 g/mol. The Labute approximate surface area is 111 Å². The molecule has 0 amide bonds. The molecule has 0 radical (unpaired) electrons. The lowest BCUT2D eigenvalue weighted by molar-refractivity contribution is 0.554. The van der Waals surface area contributed by atoms with Crippen LogP contribution in [0.15, 0.2) is 12.7 Å². The van der Waals surface area contributed by atoms with Crippen LogP contribution < -0.4 is 10.2 Å². The van der Waals surface area contributed by atoms with Gasteiger partial charge in [-0.25, -0.2) is 9.97 Å². The highest BCUT2D eigenvalue weighted by Crippen LogP contribution is 2.26. The van der Waals surface area contributed by atoms with Crippen molar-refractivity contribution in [1.82, 2.24) is 24.7 Å². The smallest absolute Gasteiger partial charge is 0.152 e. The Morgan fingerprint density at radius 1 is 1.32 bits per heavy atom. The number of aromatic nitrogens is 5. The van der Waals surface area contributed by atoms with Gasteiger partial charge >= 0.3 is 0 Å². The number of anilines is 2. The van der Waals surface area contributed by atoms with E-state index in [1.54, 1.807) is 12.7 Å². The molecule has 0 aliphatic carbocycles. The molecule has 0 saturated heterocycles. The molecule has 2 aromatic rings. The Morgan fingerprint density at radius 2 is 2.21 bits per heavy atom. The van der Waals surface area contributed by atoms with E-state index in [1.807, 2.05) is 7.05 Å². The lowest BCUT2D eigenvalue weighted by Crippen LogP contribution is -2.35. The molecular weight excluding hydrogens is 242 g/mol. The minimum atomic E-state index is 0.743. The van der Waals surface area contributed by atoms with Gasteiger partial charge in [-0.05, 0) is 6.42 Å². The molecule has 19 heavy (non-hydrogen) atoms. The first-order valence-electron chi connectivity index (χ1n) is 6.46. The van der Waals surface area contributed by atoms with E-state index in [9.17, 15) is 0 Å². The van der Waals surface area contributed by atoms with Gasteiger partial charge in [-0.2, -0.15) is 0 Å². The summed E-state index contributed by atoms with van der Waals surface area (Å²) >= 11 is 0. The Morgan fingerprint density at radius 3 is 3.00 bits per heavy atom. The standard InChI is InChI=1S/C12H17N7/c1-3-9-11(13-2)14-7-15-12(9)18-4-5-19-8-16-17-10(19)6-18/h7-8H,3-6H2,1-2H3,(H,13,14,15). The largest absolute Gasteiger partial charge is 0.373 e. The third-order valence-electron chi connectivity index (χ3n) is 3.45. The number of hydrogen-bond donors (Lipinski definition) is 1. The quantitative estimate of drug-likeness (QED) is 0.874. The minimum Gasteiger partial charge on any atom is -0.373 e. The highest BCUT2D eigenvalue weighted by molar-refractivity contribution is 5.58. The first-order chi connectivity index (χ1) is 9.33. The molecule has 0 spiro atoms. The van der Waals surface area contributed by atoms with Crippen molar-refractivity contribution in [3.63, 3.8) is 0 Å². The predicted molar refractivity (Wildman–Crippen MR) is 72.0 cm³/mol. The molecule has 2 aromatic heterocycles. The van der Waals surface area contributed by atoms with Crippen LogP contribution in [0.4, 0.5) is 11.6 Å². The molecule has 0 aromatic carbocycles. The Balaban J connectivity index is 1.95. The van der Waals surface area contributed by atoms with Crippen molar-refractivity contribution >= 4 is 11.6 Å². The predicted octanol–water partition coefficient (Wildman–Crippen LogP) is 0.692. The molecule has 1 aliphatic heterocycles. The first kappa shape index (κ1) is 11.9. The van der Waals surface area contributed by atoms with E-state index in [2.05, 4.69) is 41.9 Å². The van der Waals surface area contributed by atoms with Crippen molar-refractivity contribution in [2.75, 3.05) is 23.8 Å². The maximum atomic E-state index is 4.46. The number of fused-ring (bicyclic) bond motifs is 1. The molecular formula is C12H17N7. The number of rotatable bonds is 3. The summed E-state index contributed by atoms with van der Waals surface area (Å²) in [5.41, 5.74) is 1.15. The summed E-state index contributed by atoms with van der Waals surface area (Å²) in [4.78, 5) is 11.0. The van der Waals surface area contributed by atoms with Gasteiger partial charge in [-0.15, -0.1) is 10.2 Å². The maximum absolute atomic E-state index is 4.46. The number of nitrogens with one attached hydrogen (secondary N) is 1. The van der Waals surface area contributed by atoms with Crippen molar-refractivity contribution in [3.8, 4) is 0 Å². The van der Waals surface area contributed by atoms with Crippen LogP contribution in [0.2, 0.25) is 0 Å². The Kier molecular flexibility index (Phi) is 3.02. The van der Waals surface area contributed by atoms with Crippen molar-refractivity contribution in [2.45, 2.75) is 26.4 Å². The average Bonchev–Trinajstić information content (AvgIpc) is 2.93. The van der Waals surface area contributed by atoms with Crippen molar-refractivity contribution in [3.05, 3.63) is 24.0 Å². The van der Waals surface area contributed by atoms with E-state index >= 15 is 0 Å². The Bertz CT molecular complexity index is 577. The SMILES string of the molecule is CCc1c(NC)ncnc1N1CCn2cnnc2C1. The zero-order valence-electron chi connectivity index (χ0n) is 11.2. The van der Waals surface area contributed by atoms with Gasteiger partial charge in [0.25, 0.3) is 0 Å². The van der Waals surface area contributed by atoms with Gasteiger partial charge < -0.3 is 14.8 Å². The number of hydrogen-bond acceptors (Lipinski definition) is 6. The molecule has 0 saturated carbocycles. The molecule has 100 valence electrons. The molecule has 1 N–H and O–H groups in total. The lowest BCUT2D eigenvalue weighted by Gasteiger charge is -2.29. The van der Waals surface area contributed by atoms with Crippen molar-refractivity contribution < 1.29 is 0 Å². The van der Waals surface area contributed by atoms with Crippen LogP contribution in [0.1, 0.15) is 18.3 Å². The molecule has 0 unspecified atom stereocenters. The van der Waals surface area contributed by atoms with E-state index in [-0.39, 0.29) is 0 Å². The van der Waals surface area contributed by atoms with Gasteiger partial charge in [0.15, 0.2) is 5.82 Å². The van der Waals surface area contributed by atoms with Gasteiger partial charge in [-0.3, -0.25) is 0 Å². The second kappa shape index (κ2) is 4.83. The van der Waals surface area contributed by atoms with E-state index in [4.69, 9.17) is 0 Å². The lowest BCUT2D eigenvalue weighted by atomic mass is 10.2. The fraction of sp³-hybridized carbons (Fsp3) is 0.500. The highest BCUT2D eigenvalue weighted by Gasteiger charge is 2.21. The van der Waals surface area contributed by atoms with Crippen molar-refractivity contribution in [1.29, 1.82) is 0 Å². The summed E-state index contributed by atoms with van der Waals surface area (Å²) in [7, 11) is 1.89. The fourth-order valence-electron chi connectivity index (χ4n) is 2.46. The van der Waals surface area contributed by atoms with Gasteiger partial charge in [0, 0.05) is 25.7 Å². The van der Waals surface area contributed by atoms with Crippen LogP contribution >= 0.6 is 0 Å². The monoisotopic (exact) mass is 259 g/mol. The zero-order chi connectivity index (χ0) is 13.2.